The Hall–Kier alpha value is -1.59. The van der Waals surface area contributed by atoms with Gasteiger partial charge in [0, 0.05) is 31.6 Å². The van der Waals surface area contributed by atoms with Gasteiger partial charge in [-0.2, -0.15) is 0 Å². The largest absolute Gasteiger partial charge is 0.485 e. The third-order valence-corrected chi connectivity index (χ3v) is 5.06. The number of benzene rings is 1. The van der Waals surface area contributed by atoms with Crippen LogP contribution in [-0.2, 0) is 20.8 Å². The van der Waals surface area contributed by atoms with Gasteiger partial charge in [0.2, 0.25) is 0 Å². The molecule has 0 saturated carbocycles. The molecule has 4 rings (SSSR count). The average Bonchev–Trinajstić information content (AvgIpc) is 3.05. The Morgan fingerprint density at radius 1 is 1.17 bits per heavy atom. The van der Waals surface area contributed by atoms with Gasteiger partial charge in [-0.1, -0.05) is 18.2 Å². The fourth-order valence-electron chi connectivity index (χ4n) is 3.74. The predicted octanol–water partition coefficient (Wildman–Crippen LogP) is 2.14. The fourth-order valence-corrected chi connectivity index (χ4v) is 3.74. The molecule has 0 aromatic heterocycles. The molecule has 1 aromatic carbocycles. The van der Waals surface area contributed by atoms with Gasteiger partial charge in [0.25, 0.3) is 5.91 Å². The van der Waals surface area contributed by atoms with Crippen molar-refractivity contribution < 1.29 is 19.0 Å². The number of nitrogens with zero attached hydrogens (tertiary/aromatic N) is 1. The Balaban J connectivity index is 1.64. The zero-order chi connectivity index (χ0) is 15.7. The summed E-state index contributed by atoms with van der Waals surface area (Å²) >= 11 is 0. The molecule has 124 valence electrons. The molecule has 3 aliphatic rings. The molecule has 1 unspecified atom stereocenters. The summed E-state index contributed by atoms with van der Waals surface area (Å²) < 4.78 is 17.5. The van der Waals surface area contributed by atoms with Crippen LogP contribution in [0.3, 0.4) is 0 Å². The minimum absolute atomic E-state index is 0.105. The average molecular weight is 317 g/mol. The topological polar surface area (TPSA) is 48.0 Å². The van der Waals surface area contributed by atoms with Crippen LogP contribution in [0.25, 0.3) is 0 Å². The van der Waals surface area contributed by atoms with Gasteiger partial charge in [0.05, 0.1) is 19.8 Å². The van der Waals surface area contributed by atoms with Crippen molar-refractivity contribution in [2.75, 3.05) is 26.4 Å². The first-order chi connectivity index (χ1) is 11.3. The van der Waals surface area contributed by atoms with Crippen molar-refractivity contribution in [3.63, 3.8) is 0 Å². The van der Waals surface area contributed by atoms with Crippen LogP contribution in [0.1, 0.15) is 31.2 Å². The summed E-state index contributed by atoms with van der Waals surface area (Å²) in [6, 6.07) is 8.04. The second-order valence-electron chi connectivity index (χ2n) is 6.70. The predicted molar refractivity (Wildman–Crippen MR) is 84.2 cm³/mol. The number of hydrogen-bond donors (Lipinski definition) is 0. The van der Waals surface area contributed by atoms with Gasteiger partial charge in [-0.15, -0.1) is 0 Å². The molecule has 1 atom stereocenters. The Labute approximate surface area is 136 Å². The van der Waals surface area contributed by atoms with E-state index in [-0.39, 0.29) is 17.6 Å². The van der Waals surface area contributed by atoms with Crippen LogP contribution in [0.5, 0.6) is 5.75 Å². The molecule has 5 heteroatoms. The number of fused-ring (bicyclic) bond motifs is 1. The van der Waals surface area contributed by atoms with E-state index in [0.29, 0.717) is 32.9 Å². The molecule has 3 aliphatic heterocycles. The van der Waals surface area contributed by atoms with E-state index in [1.165, 1.54) is 0 Å². The number of amides is 1. The van der Waals surface area contributed by atoms with Crippen molar-refractivity contribution in [3.05, 3.63) is 29.8 Å². The normalized spacial score (nSPS) is 26.4. The Kier molecular flexibility index (Phi) is 3.99. The van der Waals surface area contributed by atoms with Gasteiger partial charge < -0.3 is 19.1 Å². The van der Waals surface area contributed by atoms with Crippen molar-refractivity contribution in [1.29, 1.82) is 0 Å². The van der Waals surface area contributed by atoms with Crippen LogP contribution in [-0.4, -0.2) is 48.9 Å². The molecule has 1 aromatic rings. The second-order valence-corrected chi connectivity index (χ2v) is 6.70. The first-order valence-corrected chi connectivity index (χ1v) is 8.51. The molecule has 23 heavy (non-hydrogen) atoms. The van der Waals surface area contributed by atoms with Crippen molar-refractivity contribution in [3.8, 4) is 5.75 Å². The van der Waals surface area contributed by atoms with Crippen LogP contribution in [0.15, 0.2) is 24.3 Å². The van der Waals surface area contributed by atoms with Crippen molar-refractivity contribution in [2.45, 2.75) is 43.9 Å². The van der Waals surface area contributed by atoms with Gasteiger partial charge in [-0.05, 0) is 18.9 Å². The van der Waals surface area contributed by atoms with E-state index in [2.05, 4.69) is 0 Å². The number of carbonyl (C=O) groups excluding carboxylic acids is 1. The zero-order valence-electron chi connectivity index (χ0n) is 13.3. The van der Waals surface area contributed by atoms with Gasteiger partial charge >= 0.3 is 0 Å². The molecule has 2 saturated heterocycles. The molecule has 0 N–H and O–H groups in total. The van der Waals surface area contributed by atoms with Gasteiger partial charge in [-0.25, -0.2) is 0 Å². The summed E-state index contributed by atoms with van der Waals surface area (Å²) in [4.78, 5) is 14.8. The maximum absolute atomic E-state index is 12.9. The third-order valence-electron chi connectivity index (χ3n) is 5.06. The molecule has 1 amide bonds. The van der Waals surface area contributed by atoms with E-state index in [9.17, 15) is 4.79 Å². The standard InChI is InChI=1S/C18H23NO4/c20-17(16-6-3-9-22-16)19-12-14-4-1-2-5-15(14)23-18(13-19)7-10-21-11-8-18/h1-2,4-5,16H,3,6-13H2. The van der Waals surface area contributed by atoms with Crippen molar-refractivity contribution >= 4 is 5.91 Å². The lowest BCUT2D eigenvalue weighted by Gasteiger charge is -2.39. The van der Waals surface area contributed by atoms with Crippen LogP contribution < -0.4 is 4.74 Å². The smallest absolute Gasteiger partial charge is 0.252 e. The number of rotatable bonds is 1. The van der Waals surface area contributed by atoms with E-state index in [1.807, 2.05) is 29.2 Å². The molecule has 1 spiro atoms. The Morgan fingerprint density at radius 2 is 2.00 bits per heavy atom. The molecule has 0 radical (unpaired) electrons. The van der Waals surface area contributed by atoms with E-state index in [4.69, 9.17) is 14.2 Å². The van der Waals surface area contributed by atoms with E-state index < -0.39 is 0 Å². The molecule has 2 fully saturated rings. The monoisotopic (exact) mass is 317 g/mol. The molecule has 0 aliphatic carbocycles. The fraction of sp³-hybridized carbons (Fsp3) is 0.611. The van der Waals surface area contributed by atoms with Gasteiger partial charge in [0.15, 0.2) is 0 Å². The van der Waals surface area contributed by atoms with Crippen LogP contribution in [0.2, 0.25) is 0 Å². The molecule has 5 nitrogen and oxygen atoms in total. The number of carbonyl (C=O) groups is 1. The van der Waals surface area contributed by atoms with Gasteiger partial charge in [-0.3, -0.25) is 4.79 Å². The molecular formula is C18H23NO4. The maximum atomic E-state index is 12.9. The first-order valence-electron chi connectivity index (χ1n) is 8.51. The number of para-hydroxylation sites is 1. The Morgan fingerprint density at radius 3 is 2.78 bits per heavy atom. The molecular weight excluding hydrogens is 294 g/mol. The van der Waals surface area contributed by atoms with Gasteiger partial charge in [0.1, 0.15) is 17.5 Å². The minimum atomic E-state index is -0.334. The first kappa shape index (κ1) is 15.0. The zero-order valence-corrected chi connectivity index (χ0v) is 13.3. The van der Waals surface area contributed by atoms with E-state index in [1.54, 1.807) is 0 Å². The third kappa shape index (κ3) is 2.95. The molecule has 0 bridgehead atoms. The van der Waals surface area contributed by atoms with Crippen LogP contribution in [0.4, 0.5) is 0 Å². The minimum Gasteiger partial charge on any atom is -0.485 e. The quantitative estimate of drug-likeness (QED) is 0.796. The summed E-state index contributed by atoms with van der Waals surface area (Å²) in [5.74, 6) is 1.01. The van der Waals surface area contributed by atoms with Crippen molar-refractivity contribution in [2.24, 2.45) is 0 Å². The lowest BCUT2D eigenvalue weighted by atomic mass is 9.93. The van der Waals surface area contributed by atoms with Crippen LogP contribution in [0, 0.1) is 0 Å². The lowest BCUT2D eigenvalue weighted by Crippen LogP contribution is -2.52. The van der Waals surface area contributed by atoms with Crippen LogP contribution >= 0.6 is 0 Å². The molecule has 3 heterocycles. The summed E-state index contributed by atoms with van der Waals surface area (Å²) in [5.41, 5.74) is 0.737. The summed E-state index contributed by atoms with van der Waals surface area (Å²) in [6.07, 6.45) is 3.15. The van der Waals surface area contributed by atoms with E-state index in [0.717, 1.165) is 37.0 Å². The summed E-state index contributed by atoms with van der Waals surface area (Å²) in [5, 5.41) is 0. The summed E-state index contributed by atoms with van der Waals surface area (Å²) in [7, 11) is 0. The highest BCUT2D eigenvalue weighted by Crippen LogP contribution is 2.35. The van der Waals surface area contributed by atoms with Crippen molar-refractivity contribution in [1.82, 2.24) is 4.90 Å². The van der Waals surface area contributed by atoms with E-state index >= 15 is 0 Å². The second kappa shape index (κ2) is 6.13. The number of ether oxygens (including phenoxy) is 3. The maximum Gasteiger partial charge on any atom is 0.252 e. The number of hydrogen-bond acceptors (Lipinski definition) is 4. The summed E-state index contributed by atoms with van der Waals surface area (Å²) in [6.45, 7) is 3.27. The highest BCUT2D eigenvalue weighted by Gasteiger charge is 2.42. The highest BCUT2D eigenvalue weighted by atomic mass is 16.5. The lowest BCUT2D eigenvalue weighted by molar-refractivity contribution is -0.146. The SMILES string of the molecule is O=C(C1CCCO1)N1Cc2ccccc2OC2(CCOCC2)C1. The Bertz CT molecular complexity index is 576. The highest BCUT2D eigenvalue weighted by molar-refractivity contribution is 5.81.